The van der Waals surface area contributed by atoms with Gasteiger partial charge in [-0.1, -0.05) is 5.92 Å². The van der Waals surface area contributed by atoms with Crippen molar-refractivity contribution >= 4 is 11.8 Å². The Morgan fingerprint density at radius 1 is 1.41 bits per heavy atom. The predicted octanol–water partition coefficient (Wildman–Crippen LogP) is 2.53. The molecule has 0 aromatic carbocycles. The number of pyridine rings is 2. The van der Waals surface area contributed by atoms with Crippen LogP contribution >= 0.6 is 0 Å². The summed E-state index contributed by atoms with van der Waals surface area (Å²) >= 11 is 0. The first-order chi connectivity index (χ1) is 13.6. The zero-order valence-electron chi connectivity index (χ0n) is 15.7. The topological polar surface area (TPSA) is 90.5 Å². The number of terminal acetylenes is 1. The minimum Gasteiger partial charge on any atom is -0.459 e. The maximum absolute atomic E-state index is 14.5. The number of carbonyl (C=O) groups is 1. The smallest absolute Gasteiger partial charge is 0.311 e. The van der Waals surface area contributed by atoms with Crippen molar-refractivity contribution in [2.75, 3.05) is 6.61 Å². The lowest BCUT2D eigenvalue weighted by molar-refractivity contribution is -0.118. The molecule has 0 bridgehead atoms. The summed E-state index contributed by atoms with van der Waals surface area (Å²) in [7, 11) is 0. The Labute approximate surface area is 165 Å². The normalized spacial score (nSPS) is 20.3. The number of alkyl halides is 2. The fourth-order valence-corrected chi connectivity index (χ4v) is 2.98. The number of aliphatic imine (C=N–C) groups is 1. The molecule has 0 spiro atoms. The molecule has 0 saturated carbocycles. The summed E-state index contributed by atoms with van der Waals surface area (Å²) in [5.74, 6) is -2.55. The third-order valence-electron chi connectivity index (χ3n) is 4.66. The van der Waals surface area contributed by atoms with Gasteiger partial charge in [-0.25, -0.2) is 9.38 Å². The summed E-state index contributed by atoms with van der Waals surface area (Å²) in [6.07, 6.45) is 6.41. The zero-order chi connectivity index (χ0) is 21.4. The van der Waals surface area contributed by atoms with Gasteiger partial charge >= 0.3 is 5.92 Å². The summed E-state index contributed by atoms with van der Waals surface area (Å²) in [6, 6.07) is 3.35. The summed E-state index contributed by atoms with van der Waals surface area (Å²) in [5.41, 5.74) is 3.77. The number of hydrogen-bond acceptors (Lipinski definition) is 6. The molecule has 0 aliphatic carbocycles. The first-order valence-electron chi connectivity index (χ1n) is 8.55. The van der Waals surface area contributed by atoms with Gasteiger partial charge in [0.15, 0.2) is 17.9 Å². The van der Waals surface area contributed by atoms with Gasteiger partial charge in [0.1, 0.15) is 17.2 Å². The van der Waals surface area contributed by atoms with E-state index < -0.39 is 41.4 Å². The molecular formula is C20H17F3N4O2. The lowest BCUT2D eigenvalue weighted by Gasteiger charge is -2.36. The maximum Gasteiger partial charge on any atom is 0.311 e. The SMILES string of the molecule is C#Cc1cnc(C(=O)Cc2ccc(F)c([C@@]3(C)N=C(N)OCC3(F)F)n2)c(C)c1. The third-order valence-corrected chi connectivity index (χ3v) is 4.66. The fourth-order valence-electron chi connectivity index (χ4n) is 2.98. The first kappa shape index (κ1) is 20.3. The summed E-state index contributed by atoms with van der Waals surface area (Å²) in [6.45, 7) is 1.63. The van der Waals surface area contributed by atoms with Gasteiger partial charge in [0.25, 0.3) is 6.02 Å². The molecule has 0 unspecified atom stereocenters. The first-order valence-corrected chi connectivity index (χ1v) is 8.55. The van der Waals surface area contributed by atoms with E-state index in [2.05, 4.69) is 25.6 Å². The number of rotatable bonds is 4. The van der Waals surface area contributed by atoms with Crippen LogP contribution in [0.2, 0.25) is 0 Å². The van der Waals surface area contributed by atoms with Gasteiger partial charge in [-0.05, 0) is 37.6 Å². The molecule has 3 rings (SSSR count). The largest absolute Gasteiger partial charge is 0.459 e. The number of hydrogen-bond donors (Lipinski definition) is 1. The van der Waals surface area contributed by atoms with E-state index in [1.165, 1.54) is 12.3 Å². The Morgan fingerprint density at radius 3 is 2.79 bits per heavy atom. The molecule has 0 radical (unpaired) electrons. The number of nitrogens with two attached hydrogens (primary N) is 1. The number of nitrogens with zero attached hydrogens (tertiary/aromatic N) is 3. The molecule has 9 heteroatoms. The highest BCUT2D eigenvalue weighted by Crippen LogP contribution is 2.43. The number of ketones is 1. The number of amidine groups is 1. The molecule has 0 fully saturated rings. The standard InChI is InChI=1S/C20H17F3N4O2/c1-4-12-7-11(2)16(25-9-12)15(28)8-13-5-6-14(21)17(26-13)19(3)20(22,23)10-29-18(24)27-19/h1,5-7,9H,8,10H2,2-3H3,(H2,24,27)/t19-/m1/s1. The molecule has 3 heterocycles. The van der Waals surface area contributed by atoms with E-state index in [9.17, 15) is 18.0 Å². The van der Waals surface area contributed by atoms with Gasteiger partial charge in [-0.2, -0.15) is 8.78 Å². The van der Waals surface area contributed by atoms with Crippen LogP contribution in [0.3, 0.4) is 0 Å². The number of aryl methyl sites for hydroxylation is 1. The number of halogens is 3. The van der Waals surface area contributed by atoms with E-state index in [1.54, 1.807) is 13.0 Å². The molecule has 0 amide bonds. The summed E-state index contributed by atoms with van der Waals surface area (Å²) < 4.78 is 48.0. The molecule has 2 N–H and O–H groups in total. The summed E-state index contributed by atoms with van der Waals surface area (Å²) in [4.78, 5) is 24.2. The van der Waals surface area contributed by atoms with Gasteiger partial charge in [-0.3, -0.25) is 14.8 Å². The average Bonchev–Trinajstić information content (AvgIpc) is 2.66. The lowest BCUT2D eigenvalue weighted by atomic mass is 9.88. The van der Waals surface area contributed by atoms with Crippen LogP contribution in [0.4, 0.5) is 13.2 Å². The molecule has 150 valence electrons. The van der Waals surface area contributed by atoms with E-state index in [-0.39, 0.29) is 17.8 Å². The van der Waals surface area contributed by atoms with Gasteiger partial charge < -0.3 is 10.5 Å². The van der Waals surface area contributed by atoms with E-state index in [0.29, 0.717) is 11.1 Å². The minimum atomic E-state index is -3.56. The van der Waals surface area contributed by atoms with Crippen molar-refractivity contribution in [3.63, 3.8) is 0 Å². The second-order valence-electron chi connectivity index (χ2n) is 6.78. The zero-order valence-corrected chi connectivity index (χ0v) is 15.7. The van der Waals surface area contributed by atoms with Crippen molar-refractivity contribution in [1.82, 2.24) is 9.97 Å². The fraction of sp³-hybridized carbons (Fsp3) is 0.300. The van der Waals surface area contributed by atoms with Crippen molar-refractivity contribution in [2.45, 2.75) is 31.7 Å². The Kier molecular flexibility index (Phi) is 5.05. The Hall–Kier alpha value is -3.41. The number of aromatic nitrogens is 2. The molecule has 1 aliphatic rings. The van der Waals surface area contributed by atoms with Crippen molar-refractivity contribution in [2.24, 2.45) is 10.7 Å². The second kappa shape index (κ2) is 7.20. The van der Waals surface area contributed by atoms with Crippen LogP contribution in [0.25, 0.3) is 0 Å². The highest BCUT2D eigenvalue weighted by Gasteiger charge is 2.57. The maximum atomic E-state index is 14.5. The van der Waals surface area contributed by atoms with Crippen molar-refractivity contribution in [1.29, 1.82) is 0 Å². The van der Waals surface area contributed by atoms with Crippen LogP contribution in [0.1, 0.15) is 39.9 Å². The Morgan fingerprint density at radius 2 is 2.14 bits per heavy atom. The molecule has 2 aromatic rings. The van der Waals surface area contributed by atoms with E-state index in [4.69, 9.17) is 12.2 Å². The summed E-state index contributed by atoms with van der Waals surface area (Å²) in [5, 5.41) is 0. The quantitative estimate of drug-likeness (QED) is 0.627. The Balaban J connectivity index is 1.97. The van der Waals surface area contributed by atoms with Crippen LogP contribution < -0.4 is 5.73 Å². The lowest BCUT2D eigenvalue weighted by Crippen LogP contribution is -2.51. The molecule has 29 heavy (non-hydrogen) atoms. The number of Topliss-reactive ketones (excluding diaryl/α,β-unsaturated/α-hetero) is 1. The van der Waals surface area contributed by atoms with Gasteiger partial charge in [0.05, 0.1) is 6.42 Å². The van der Waals surface area contributed by atoms with Gasteiger partial charge in [0, 0.05) is 17.5 Å². The third kappa shape index (κ3) is 3.66. The molecule has 6 nitrogen and oxygen atoms in total. The minimum absolute atomic E-state index is 0.0888. The van der Waals surface area contributed by atoms with Gasteiger partial charge in [-0.15, -0.1) is 6.42 Å². The second-order valence-corrected chi connectivity index (χ2v) is 6.78. The van der Waals surface area contributed by atoms with Crippen molar-refractivity contribution < 1.29 is 22.7 Å². The molecule has 1 aliphatic heterocycles. The number of carbonyl (C=O) groups excluding carboxylic acids is 1. The van der Waals surface area contributed by atoms with Crippen LogP contribution in [-0.2, 0) is 16.7 Å². The highest BCUT2D eigenvalue weighted by molar-refractivity contribution is 5.96. The van der Waals surface area contributed by atoms with Gasteiger partial charge in [0.2, 0.25) is 0 Å². The van der Waals surface area contributed by atoms with Crippen molar-refractivity contribution in [3.8, 4) is 12.3 Å². The van der Waals surface area contributed by atoms with Crippen LogP contribution in [-0.4, -0.2) is 34.3 Å². The predicted molar refractivity (Wildman–Crippen MR) is 99.0 cm³/mol. The monoisotopic (exact) mass is 402 g/mol. The van der Waals surface area contributed by atoms with Crippen LogP contribution in [0, 0.1) is 25.1 Å². The molecule has 2 aromatic heterocycles. The number of ether oxygens (including phenoxy) is 1. The van der Waals surface area contributed by atoms with Crippen LogP contribution in [0.5, 0.6) is 0 Å². The molecular weight excluding hydrogens is 385 g/mol. The molecule has 1 atom stereocenters. The van der Waals surface area contributed by atoms with Crippen molar-refractivity contribution in [3.05, 3.63) is 58.4 Å². The van der Waals surface area contributed by atoms with E-state index in [1.807, 2.05) is 0 Å². The van der Waals surface area contributed by atoms with Crippen LogP contribution in [0.15, 0.2) is 29.4 Å². The highest BCUT2D eigenvalue weighted by atomic mass is 19.3. The molecule has 0 saturated heterocycles. The van der Waals surface area contributed by atoms with E-state index in [0.717, 1.165) is 13.0 Å². The Bertz CT molecular complexity index is 1060. The average molecular weight is 402 g/mol. The van der Waals surface area contributed by atoms with E-state index >= 15 is 0 Å².